The van der Waals surface area contributed by atoms with Crippen LogP contribution in [0.25, 0.3) is 0 Å². The van der Waals surface area contributed by atoms with E-state index in [1.807, 2.05) is 0 Å². The van der Waals surface area contributed by atoms with Crippen molar-refractivity contribution in [3.8, 4) is 0 Å². The summed E-state index contributed by atoms with van der Waals surface area (Å²) >= 11 is 0. The lowest BCUT2D eigenvalue weighted by molar-refractivity contribution is -0.210. The van der Waals surface area contributed by atoms with Gasteiger partial charge in [-0.25, -0.2) is 8.78 Å². The Morgan fingerprint density at radius 2 is 1.75 bits per heavy atom. The van der Waals surface area contributed by atoms with Gasteiger partial charge in [-0.2, -0.15) is 13.2 Å². The van der Waals surface area contributed by atoms with Crippen LogP contribution in [0.15, 0.2) is 18.2 Å². The summed E-state index contributed by atoms with van der Waals surface area (Å²) in [7, 11) is 0. The van der Waals surface area contributed by atoms with Crippen LogP contribution in [-0.2, 0) is 0 Å². The van der Waals surface area contributed by atoms with Crippen LogP contribution >= 0.6 is 0 Å². The topological polar surface area (TPSA) is 46.2 Å². The van der Waals surface area contributed by atoms with Gasteiger partial charge in [0, 0.05) is 11.6 Å². The molecule has 0 saturated heterocycles. The van der Waals surface area contributed by atoms with Crippen LogP contribution in [-0.4, -0.2) is 17.4 Å². The van der Waals surface area contributed by atoms with Crippen LogP contribution in [0.4, 0.5) is 22.0 Å². The van der Waals surface area contributed by atoms with Gasteiger partial charge < -0.3 is 10.8 Å². The Kier molecular flexibility index (Phi) is 3.49. The van der Waals surface area contributed by atoms with Crippen LogP contribution in [0.2, 0.25) is 0 Å². The van der Waals surface area contributed by atoms with Crippen LogP contribution in [0, 0.1) is 11.6 Å². The van der Waals surface area contributed by atoms with E-state index in [-0.39, 0.29) is 0 Å². The lowest BCUT2D eigenvalue weighted by atomic mass is 10.0. The Morgan fingerprint density at radius 3 is 2.19 bits per heavy atom. The molecule has 3 N–H and O–H groups in total. The molecule has 0 unspecified atom stereocenters. The summed E-state index contributed by atoms with van der Waals surface area (Å²) in [4.78, 5) is 0. The minimum atomic E-state index is -4.96. The second kappa shape index (κ2) is 4.34. The van der Waals surface area contributed by atoms with Crippen molar-refractivity contribution in [1.29, 1.82) is 0 Å². The van der Waals surface area contributed by atoms with Crippen molar-refractivity contribution in [3.05, 3.63) is 35.4 Å². The van der Waals surface area contributed by atoms with Crippen LogP contribution in [0.5, 0.6) is 0 Å². The van der Waals surface area contributed by atoms with Gasteiger partial charge in [0.15, 0.2) is 6.10 Å². The van der Waals surface area contributed by atoms with Crippen LogP contribution in [0.1, 0.15) is 11.6 Å². The number of nitrogens with two attached hydrogens (primary N) is 1. The highest BCUT2D eigenvalue weighted by atomic mass is 19.4. The molecular weight excluding hydrogens is 233 g/mol. The van der Waals surface area contributed by atoms with E-state index in [4.69, 9.17) is 10.8 Å². The Balaban J connectivity index is 3.01. The van der Waals surface area contributed by atoms with E-state index in [9.17, 15) is 22.0 Å². The molecule has 0 radical (unpaired) electrons. The third-order valence-electron chi connectivity index (χ3n) is 2.00. The van der Waals surface area contributed by atoms with Gasteiger partial charge >= 0.3 is 6.18 Å². The highest BCUT2D eigenvalue weighted by molar-refractivity contribution is 5.23. The quantitative estimate of drug-likeness (QED) is 0.776. The minimum Gasteiger partial charge on any atom is -0.382 e. The third kappa shape index (κ3) is 2.67. The first-order valence-corrected chi connectivity index (χ1v) is 4.19. The standard InChI is InChI=1S/C9H8F5NO/c10-4-1-2-5(6(11)3-4)7(15)8(16)9(12,13)14/h1-3,7-8,16H,15H2/t7-,8-/m0/s1. The summed E-state index contributed by atoms with van der Waals surface area (Å²) in [5.74, 6) is -2.16. The molecule has 0 spiro atoms. The molecule has 0 heterocycles. The molecule has 16 heavy (non-hydrogen) atoms. The van der Waals surface area contributed by atoms with E-state index in [1.54, 1.807) is 0 Å². The fraction of sp³-hybridized carbons (Fsp3) is 0.333. The average Bonchev–Trinajstić information content (AvgIpc) is 2.14. The zero-order chi connectivity index (χ0) is 12.5. The van der Waals surface area contributed by atoms with Crippen molar-refractivity contribution in [2.45, 2.75) is 18.3 Å². The number of hydrogen-bond donors (Lipinski definition) is 2. The smallest absolute Gasteiger partial charge is 0.382 e. The Morgan fingerprint density at radius 1 is 1.19 bits per heavy atom. The van der Waals surface area contributed by atoms with Gasteiger partial charge in [-0.1, -0.05) is 6.07 Å². The SMILES string of the molecule is N[C@@H](c1ccc(F)cc1F)[C@H](O)C(F)(F)F. The maximum atomic E-state index is 13.1. The molecule has 0 aromatic heterocycles. The first kappa shape index (κ1) is 12.9. The maximum Gasteiger partial charge on any atom is 0.416 e. The number of rotatable bonds is 2. The number of halogens is 5. The van der Waals surface area contributed by atoms with Gasteiger partial charge in [0.1, 0.15) is 11.6 Å². The van der Waals surface area contributed by atoms with Crippen LogP contribution < -0.4 is 5.73 Å². The molecule has 2 nitrogen and oxygen atoms in total. The molecule has 0 bridgehead atoms. The van der Waals surface area contributed by atoms with Crippen molar-refractivity contribution >= 4 is 0 Å². The molecule has 2 atom stereocenters. The van der Waals surface area contributed by atoms with Crippen molar-refractivity contribution < 1.29 is 27.1 Å². The number of aliphatic hydroxyl groups is 1. The molecule has 7 heteroatoms. The fourth-order valence-electron chi connectivity index (χ4n) is 1.15. The number of alkyl halides is 3. The Bertz CT molecular complexity index is 379. The van der Waals surface area contributed by atoms with Gasteiger partial charge in [0.2, 0.25) is 0 Å². The number of benzene rings is 1. The average molecular weight is 241 g/mol. The first-order valence-electron chi connectivity index (χ1n) is 4.19. The minimum absolute atomic E-state index is 0.401. The van der Waals surface area contributed by atoms with E-state index >= 15 is 0 Å². The molecule has 1 rings (SSSR count). The lowest BCUT2D eigenvalue weighted by Gasteiger charge is -2.21. The van der Waals surface area contributed by atoms with Crippen LogP contribution in [0.3, 0.4) is 0 Å². The third-order valence-corrected chi connectivity index (χ3v) is 2.00. The largest absolute Gasteiger partial charge is 0.416 e. The molecule has 0 aliphatic heterocycles. The molecule has 1 aromatic rings. The van der Waals surface area contributed by atoms with Crippen molar-refractivity contribution in [1.82, 2.24) is 0 Å². The molecule has 1 aromatic carbocycles. The van der Waals surface area contributed by atoms with Crippen molar-refractivity contribution in [2.24, 2.45) is 5.73 Å². The molecule has 0 saturated carbocycles. The second-order valence-corrected chi connectivity index (χ2v) is 3.18. The summed E-state index contributed by atoms with van der Waals surface area (Å²) in [5.41, 5.74) is 4.45. The molecular formula is C9H8F5NO. The molecule has 0 aliphatic rings. The van der Waals surface area contributed by atoms with Gasteiger partial charge in [0.25, 0.3) is 0 Å². The highest BCUT2D eigenvalue weighted by Gasteiger charge is 2.43. The summed E-state index contributed by atoms with van der Waals surface area (Å²) in [6.45, 7) is 0. The van der Waals surface area contributed by atoms with Gasteiger partial charge in [-0.3, -0.25) is 0 Å². The summed E-state index contributed by atoms with van der Waals surface area (Å²) in [5, 5.41) is 8.79. The second-order valence-electron chi connectivity index (χ2n) is 3.18. The molecule has 0 aliphatic carbocycles. The van der Waals surface area contributed by atoms with Gasteiger partial charge in [-0.15, -0.1) is 0 Å². The van der Waals surface area contributed by atoms with E-state index in [2.05, 4.69) is 0 Å². The fourth-order valence-corrected chi connectivity index (χ4v) is 1.15. The number of aliphatic hydroxyl groups excluding tert-OH is 1. The van der Waals surface area contributed by atoms with Gasteiger partial charge in [0.05, 0.1) is 6.04 Å². The maximum absolute atomic E-state index is 13.1. The van der Waals surface area contributed by atoms with Crippen molar-refractivity contribution in [3.63, 3.8) is 0 Å². The highest BCUT2D eigenvalue weighted by Crippen LogP contribution is 2.29. The zero-order valence-electron chi connectivity index (χ0n) is 7.80. The Hall–Kier alpha value is -1.21. The van der Waals surface area contributed by atoms with E-state index < -0.39 is 35.5 Å². The number of hydrogen-bond acceptors (Lipinski definition) is 2. The monoisotopic (exact) mass is 241 g/mol. The predicted octanol–water partition coefficient (Wildman–Crippen LogP) is 1.89. The van der Waals surface area contributed by atoms with E-state index in [0.717, 1.165) is 12.1 Å². The summed E-state index contributed by atoms with van der Waals surface area (Å²) in [6, 6.07) is -0.0511. The van der Waals surface area contributed by atoms with Gasteiger partial charge in [-0.05, 0) is 6.07 Å². The van der Waals surface area contributed by atoms with E-state index in [0.29, 0.717) is 6.07 Å². The molecule has 90 valence electrons. The summed E-state index contributed by atoms with van der Waals surface area (Å²) in [6.07, 6.45) is -7.85. The van der Waals surface area contributed by atoms with E-state index in [1.165, 1.54) is 0 Å². The Labute approximate surface area is 87.5 Å². The van der Waals surface area contributed by atoms with Crippen molar-refractivity contribution in [2.75, 3.05) is 0 Å². The lowest BCUT2D eigenvalue weighted by Crippen LogP contribution is -2.39. The predicted molar refractivity (Wildman–Crippen MR) is 45.3 cm³/mol. The summed E-state index contributed by atoms with van der Waals surface area (Å²) < 4.78 is 61.7. The molecule has 0 fully saturated rings. The first-order chi connectivity index (χ1) is 7.23. The zero-order valence-corrected chi connectivity index (χ0v) is 7.80. The molecule has 0 amide bonds. The normalized spacial score (nSPS) is 15.9.